The number of aromatic nitrogens is 2. The van der Waals surface area contributed by atoms with E-state index < -0.39 is 0 Å². The highest BCUT2D eigenvalue weighted by Gasteiger charge is 2.03. The highest BCUT2D eigenvalue weighted by molar-refractivity contribution is 6.33. The summed E-state index contributed by atoms with van der Waals surface area (Å²) < 4.78 is 0. The minimum atomic E-state index is 0.224. The third kappa shape index (κ3) is 1.86. The van der Waals surface area contributed by atoms with Crippen LogP contribution in [0.2, 0.25) is 10.3 Å². The zero-order valence-electron chi connectivity index (χ0n) is 7.11. The molecule has 0 unspecified atom stereocenters. The first-order valence-electron chi connectivity index (χ1n) is 4.01. The fourth-order valence-corrected chi connectivity index (χ4v) is 1.53. The van der Waals surface area contributed by atoms with E-state index in [9.17, 15) is 0 Å². The summed E-state index contributed by atoms with van der Waals surface area (Å²) in [6.45, 7) is 0. The molecule has 4 heteroatoms. The van der Waals surface area contributed by atoms with Crippen LogP contribution in [0.1, 0.15) is 0 Å². The Morgan fingerprint density at radius 3 is 2.50 bits per heavy atom. The van der Waals surface area contributed by atoms with Crippen LogP contribution in [0.25, 0.3) is 11.3 Å². The van der Waals surface area contributed by atoms with Gasteiger partial charge in [0.05, 0.1) is 5.69 Å². The Morgan fingerprint density at radius 2 is 1.79 bits per heavy atom. The molecule has 0 radical (unpaired) electrons. The lowest BCUT2D eigenvalue weighted by atomic mass is 10.1. The van der Waals surface area contributed by atoms with E-state index in [0.717, 1.165) is 11.3 Å². The first-order valence-corrected chi connectivity index (χ1v) is 4.76. The Hall–Kier alpha value is -1.12. The molecule has 0 aliphatic rings. The second-order valence-corrected chi connectivity index (χ2v) is 3.44. The lowest BCUT2D eigenvalue weighted by Gasteiger charge is -2.02. The third-order valence-corrected chi connectivity index (χ3v) is 2.29. The van der Waals surface area contributed by atoms with Gasteiger partial charge in [-0.1, -0.05) is 29.8 Å². The molecule has 0 spiro atoms. The van der Waals surface area contributed by atoms with Crippen LogP contribution < -0.4 is 0 Å². The van der Waals surface area contributed by atoms with Crippen molar-refractivity contribution in [1.29, 1.82) is 0 Å². The molecular weight excluding hydrogens is 219 g/mol. The van der Waals surface area contributed by atoms with E-state index in [1.807, 2.05) is 24.3 Å². The summed E-state index contributed by atoms with van der Waals surface area (Å²) >= 11 is 11.7. The minimum Gasteiger partial charge on any atom is -0.226 e. The third-order valence-electron chi connectivity index (χ3n) is 1.78. The van der Waals surface area contributed by atoms with Crippen molar-refractivity contribution in [1.82, 2.24) is 9.97 Å². The maximum Gasteiger partial charge on any atom is 0.222 e. The Morgan fingerprint density at radius 1 is 1.00 bits per heavy atom. The lowest BCUT2D eigenvalue weighted by Crippen LogP contribution is -1.86. The topological polar surface area (TPSA) is 25.8 Å². The van der Waals surface area contributed by atoms with E-state index >= 15 is 0 Å². The van der Waals surface area contributed by atoms with Gasteiger partial charge in [-0.05, 0) is 23.7 Å². The fourth-order valence-electron chi connectivity index (χ4n) is 1.15. The Balaban J connectivity index is 2.55. The van der Waals surface area contributed by atoms with Crippen molar-refractivity contribution < 1.29 is 0 Å². The molecule has 2 aromatic rings. The summed E-state index contributed by atoms with van der Waals surface area (Å²) in [5.41, 5.74) is 1.59. The quantitative estimate of drug-likeness (QED) is 0.694. The van der Waals surface area contributed by atoms with Crippen molar-refractivity contribution >= 4 is 23.2 Å². The molecule has 70 valence electrons. The first-order chi connectivity index (χ1) is 6.77. The van der Waals surface area contributed by atoms with Gasteiger partial charge in [-0.25, -0.2) is 9.97 Å². The van der Waals surface area contributed by atoms with Crippen LogP contribution in [0.15, 0.2) is 36.5 Å². The van der Waals surface area contributed by atoms with Gasteiger partial charge in [0.1, 0.15) is 0 Å². The monoisotopic (exact) mass is 224 g/mol. The molecule has 1 aromatic carbocycles. The summed E-state index contributed by atoms with van der Waals surface area (Å²) in [4.78, 5) is 7.88. The van der Waals surface area contributed by atoms with E-state index in [-0.39, 0.29) is 5.28 Å². The number of hydrogen-bond donors (Lipinski definition) is 0. The molecule has 0 fully saturated rings. The predicted octanol–water partition coefficient (Wildman–Crippen LogP) is 3.45. The standard InChI is InChI=1S/C10H6Cl2N2/c11-8-4-2-1-3-7(8)9-5-6-13-10(12)14-9/h1-6H. The number of nitrogens with zero attached hydrogens (tertiary/aromatic N) is 2. The summed E-state index contributed by atoms with van der Waals surface area (Å²) in [6.07, 6.45) is 1.61. The van der Waals surface area contributed by atoms with Crippen LogP contribution in [-0.4, -0.2) is 9.97 Å². The molecule has 0 bridgehead atoms. The maximum absolute atomic E-state index is 6.01. The molecule has 0 amide bonds. The molecule has 0 N–H and O–H groups in total. The molecule has 0 aliphatic carbocycles. The van der Waals surface area contributed by atoms with Gasteiger partial charge in [-0.2, -0.15) is 0 Å². The zero-order chi connectivity index (χ0) is 9.97. The minimum absolute atomic E-state index is 0.224. The van der Waals surface area contributed by atoms with Crippen LogP contribution in [0.4, 0.5) is 0 Å². The van der Waals surface area contributed by atoms with Crippen molar-refractivity contribution in [3.63, 3.8) is 0 Å². The molecule has 1 aromatic heterocycles. The van der Waals surface area contributed by atoms with Gasteiger partial charge in [0.25, 0.3) is 0 Å². The Bertz CT molecular complexity index is 457. The summed E-state index contributed by atoms with van der Waals surface area (Å²) in [6, 6.07) is 9.24. The van der Waals surface area contributed by atoms with Gasteiger partial charge in [0, 0.05) is 16.8 Å². The van der Waals surface area contributed by atoms with Crippen molar-refractivity contribution in [3.05, 3.63) is 46.8 Å². The van der Waals surface area contributed by atoms with Gasteiger partial charge in [0.15, 0.2) is 0 Å². The summed E-state index contributed by atoms with van der Waals surface area (Å²) in [5.74, 6) is 0. The van der Waals surface area contributed by atoms with Crippen molar-refractivity contribution in [3.8, 4) is 11.3 Å². The van der Waals surface area contributed by atoms with E-state index in [1.165, 1.54) is 0 Å². The molecule has 0 saturated carbocycles. The predicted molar refractivity (Wildman–Crippen MR) is 57.5 cm³/mol. The van der Waals surface area contributed by atoms with Crippen LogP contribution in [0, 0.1) is 0 Å². The Kier molecular flexibility index (Phi) is 2.66. The first kappa shape index (κ1) is 9.44. The van der Waals surface area contributed by atoms with E-state index in [2.05, 4.69) is 9.97 Å². The van der Waals surface area contributed by atoms with Crippen LogP contribution >= 0.6 is 23.2 Å². The summed E-state index contributed by atoms with van der Waals surface area (Å²) in [7, 11) is 0. The molecule has 14 heavy (non-hydrogen) atoms. The molecule has 0 saturated heterocycles. The second kappa shape index (κ2) is 3.95. The molecule has 0 atom stereocenters. The smallest absolute Gasteiger partial charge is 0.222 e. The zero-order valence-corrected chi connectivity index (χ0v) is 8.63. The van der Waals surface area contributed by atoms with Crippen LogP contribution in [0.5, 0.6) is 0 Å². The van der Waals surface area contributed by atoms with Gasteiger partial charge in [-0.15, -0.1) is 0 Å². The van der Waals surface area contributed by atoms with Crippen LogP contribution in [-0.2, 0) is 0 Å². The highest BCUT2D eigenvalue weighted by atomic mass is 35.5. The van der Waals surface area contributed by atoms with Gasteiger partial charge in [0.2, 0.25) is 5.28 Å². The molecular formula is C10H6Cl2N2. The van der Waals surface area contributed by atoms with Crippen LogP contribution in [0.3, 0.4) is 0 Å². The van der Waals surface area contributed by atoms with E-state index in [4.69, 9.17) is 23.2 Å². The average molecular weight is 225 g/mol. The van der Waals surface area contributed by atoms with Crippen molar-refractivity contribution in [2.24, 2.45) is 0 Å². The van der Waals surface area contributed by atoms with Gasteiger partial charge < -0.3 is 0 Å². The molecule has 2 rings (SSSR count). The van der Waals surface area contributed by atoms with Crippen molar-refractivity contribution in [2.75, 3.05) is 0 Å². The Labute approximate surface area is 91.5 Å². The number of benzene rings is 1. The van der Waals surface area contributed by atoms with Gasteiger partial charge >= 0.3 is 0 Å². The molecule has 0 aliphatic heterocycles. The molecule has 2 nitrogen and oxygen atoms in total. The van der Waals surface area contributed by atoms with Gasteiger partial charge in [-0.3, -0.25) is 0 Å². The maximum atomic E-state index is 6.01. The van der Waals surface area contributed by atoms with Crippen molar-refractivity contribution in [2.45, 2.75) is 0 Å². The average Bonchev–Trinajstić information content (AvgIpc) is 2.18. The fraction of sp³-hybridized carbons (Fsp3) is 0. The number of hydrogen-bond acceptors (Lipinski definition) is 2. The normalized spacial score (nSPS) is 10.1. The largest absolute Gasteiger partial charge is 0.226 e. The molecule has 1 heterocycles. The SMILES string of the molecule is Clc1nccc(-c2ccccc2Cl)n1. The van der Waals surface area contributed by atoms with E-state index in [0.29, 0.717) is 5.02 Å². The lowest BCUT2D eigenvalue weighted by molar-refractivity contribution is 1.17. The second-order valence-electron chi connectivity index (χ2n) is 2.69. The van der Waals surface area contributed by atoms with E-state index in [1.54, 1.807) is 12.3 Å². The number of rotatable bonds is 1. The highest BCUT2D eigenvalue weighted by Crippen LogP contribution is 2.25. The summed E-state index contributed by atoms with van der Waals surface area (Å²) in [5, 5.41) is 0.879. The number of halogens is 2.